The molecule has 0 saturated carbocycles. The van der Waals surface area contributed by atoms with Crippen molar-refractivity contribution >= 4 is 23.9 Å². The third-order valence-electron chi connectivity index (χ3n) is 4.21. The van der Waals surface area contributed by atoms with E-state index in [2.05, 4.69) is 38.1 Å². The van der Waals surface area contributed by atoms with Crippen LogP contribution in [0.15, 0.2) is 59.7 Å². The number of hydrogen-bond donors (Lipinski definition) is 0. The SMILES string of the molecule is COc1ccc(C2=C(C)CC(C)=C(c3ccc(OC)cc3)[Se]2)cc1. The molecular weight excluding hydrogens is 363 g/mol. The van der Waals surface area contributed by atoms with Crippen molar-refractivity contribution in [3.63, 3.8) is 0 Å². The third-order valence-corrected chi connectivity index (χ3v) is 7.52. The zero-order valence-corrected chi connectivity index (χ0v) is 16.3. The Morgan fingerprint density at radius 2 is 1.04 bits per heavy atom. The van der Waals surface area contributed by atoms with Crippen LogP contribution in [0.4, 0.5) is 0 Å². The van der Waals surface area contributed by atoms with Gasteiger partial charge in [-0.2, -0.15) is 0 Å². The van der Waals surface area contributed by atoms with E-state index in [-0.39, 0.29) is 0 Å². The number of hydrogen-bond acceptors (Lipinski definition) is 2. The number of benzene rings is 2. The summed E-state index contributed by atoms with van der Waals surface area (Å²) in [6, 6.07) is 16.9. The Morgan fingerprint density at radius 1 is 0.667 bits per heavy atom. The minimum atomic E-state index is 0.301. The molecule has 24 heavy (non-hydrogen) atoms. The number of allylic oxidation sites excluding steroid dienone is 2. The van der Waals surface area contributed by atoms with Crippen molar-refractivity contribution in [2.45, 2.75) is 20.3 Å². The molecule has 0 spiro atoms. The van der Waals surface area contributed by atoms with Gasteiger partial charge < -0.3 is 0 Å². The van der Waals surface area contributed by atoms with Gasteiger partial charge in [-0.1, -0.05) is 0 Å². The van der Waals surface area contributed by atoms with Crippen LogP contribution in [0, 0.1) is 0 Å². The second kappa shape index (κ2) is 7.29. The zero-order valence-electron chi connectivity index (χ0n) is 14.6. The van der Waals surface area contributed by atoms with E-state index < -0.39 is 0 Å². The van der Waals surface area contributed by atoms with Crippen LogP contribution in [0.25, 0.3) is 8.94 Å². The molecule has 2 aromatic carbocycles. The quantitative estimate of drug-likeness (QED) is 0.692. The van der Waals surface area contributed by atoms with Gasteiger partial charge in [-0.05, 0) is 0 Å². The van der Waals surface area contributed by atoms with Gasteiger partial charge in [0.1, 0.15) is 0 Å². The Hall–Kier alpha value is -1.96. The van der Waals surface area contributed by atoms with Crippen LogP contribution in [0.1, 0.15) is 31.4 Å². The molecule has 124 valence electrons. The summed E-state index contributed by atoms with van der Waals surface area (Å²) in [5.74, 6) is 1.81. The molecule has 0 N–H and O–H groups in total. The van der Waals surface area contributed by atoms with Gasteiger partial charge in [0.2, 0.25) is 0 Å². The normalized spacial score (nSPS) is 14.8. The molecule has 2 nitrogen and oxygen atoms in total. The van der Waals surface area contributed by atoms with E-state index in [0.717, 1.165) is 17.9 Å². The Kier molecular flexibility index (Phi) is 5.13. The molecule has 0 saturated heterocycles. The fourth-order valence-electron chi connectivity index (χ4n) is 2.93. The Bertz CT molecular complexity index is 716. The van der Waals surface area contributed by atoms with E-state index in [1.807, 2.05) is 24.3 Å². The van der Waals surface area contributed by atoms with Crippen molar-refractivity contribution in [1.82, 2.24) is 0 Å². The monoisotopic (exact) mass is 386 g/mol. The van der Waals surface area contributed by atoms with Crippen LogP contribution in [0.5, 0.6) is 11.5 Å². The Balaban J connectivity index is 1.91. The molecule has 0 unspecified atom stereocenters. The van der Waals surface area contributed by atoms with Crippen molar-refractivity contribution in [3.8, 4) is 11.5 Å². The predicted molar refractivity (Wildman–Crippen MR) is 102 cm³/mol. The van der Waals surface area contributed by atoms with E-state index in [9.17, 15) is 0 Å². The average molecular weight is 385 g/mol. The second-order valence-corrected chi connectivity index (χ2v) is 8.10. The molecule has 0 amide bonds. The molecule has 0 bridgehead atoms. The summed E-state index contributed by atoms with van der Waals surface area (Å²) in [6.45, 7) is 4.52. The van der Waals surface area contributed by atoms with E-state index in [1.165, 1.54) is 31.2 Å². The summed E-state index contributed by atoms with van der Waals surface area (Å²) < 4.78 is 13.5. The third kappa shape index (κ3) is 3.43. The summed E-state index contributed by atoms with van der Waals surface area (Å²) in [6.07, 6.45) is 1.05. The summed E-state index contributed by atoms with van der Waals surface area (Å²) in [7, 11) is 3.41. The Morgan fingerprint density at radius 3 is 1.38 bits per heavy atom. The molecule has 1 aliphatic heterocycles. The average Bonchev–Trinajstić information content (AvgIpc) is 2.62. The van der Waals surface area contributed by atoms with Gasteiger partial charge in [-0.25, -0.2) is 0 Å². The van der Waals surface area contributed by atoms with E-state index >= 15 is 0 Å². The molecule has 0 radical (unpaired) electrons. The van der Waals surface area contributed by atoms with E-state index in [4.69, 9.17) is 9.47 Å². The molecule has 0 fully saturated rings. The van der Waals surface area contributed by atoms with Gasteiger partial charge in [0.05, 0.1) is 0 Å². The van der Waals surface area contributed by atoms with Gasteiger partial charge in [-0.3, -0.25) is 0 Å². The van der Waals surface area contributed by atoms with Crippen molar-refractivity contribution in [1.29, 1.82) is 0 Å². The van der Waals surface area contributed by atoms with Crippen molar-refractivity contribution in [2.24, 2.45) is 0 Å². The first-order chi connectivity index (χ1) is 11.6. The first kappa shape index (κ1) is 16.9. The molecule has 1 heterocycles. The number of methoxy groups -OCH3 is 2. The van der Waals surface area contributed by atoms with E-state index in [0.29, 0.717) is 15.0 Å². The summed E-state index contributed by atoms with van der Waals surface area (Å²) in [5.41, 5.74) is 5.59. The second-order valence-electron chi connectivity index (χ2n) is 5.95. The standard InChI is InChI=1S/C21H22O2Se/c1-14-13-15(2)21(17-7-11-19(23-4)12-8-17)24-20(14)16-5-9-18(22-3)10-6-16/h5-12H,13H2,1-4H3. The zero-order chi connectivity index (χ0) is 17.1. The molecule has 3 heteroatoms. The fourth-order valence-corrected chi connectivity index (χ4v) is 5.46. The summed E-state index contributed by atoms with van der Waals surface area (Å²) in [4.78, 5) is 0. The number of rotatable bonds is 4. The topological polar surface area (TPSA) is 18.5 Å². The van der Waals surface area contributed by atoms with Gasteiger partial charge in [0.15, 0.2) is 0 Å². The molecule has 0 aliphatic carbocycles. The summed E-state index contributed by atoms with van der Waals surface area (Å²) in [5, 5.41) is 0. The predicted octanol–water partition coefficient (Wildman–Crippen LogP) is 4.97. The molecule has 1 aliphatic rings. The molecule has 2 aromatic rings. The van der Waals surface area contributed by atoms with Crippen molar-refractivity contribution < 1.29 is 9.47 Å². The molecule has 0 atom stereocenters. The molecular formula is C21H22O2Se. The van der Waals surface area contributed by atoms with Crippen LogP contribution < -0.4 is 9.47 Å². The summed E-state index contributed by atoms with van der Waals surface area (Å²) >= 11 is 0.301. The van der Waals surface area contributed by atoms with Gasteiger partial charge in [0.25, 0.3) is 0 Å². The first-order valence-corrected chi connectivity index (χ1v) is 9.70. The maximum atomic E-state index is 5.28. The van der Waals surface area contributed by atoms with Gasteiger partial charge in [-0.15, -0.1) is 0 Å². The number of ether oxygens (including phenoxy) is 2. The van der Waals surface area contributed by atoms with Crippen LogP contribution in [-0.2, 0) is 0 Å². The van der Waals surface area contributed by atoms with E-state index in [1.54, 1.807) is 14.2 Å². The van der Waals surface area contributed by atoms with Crippen LogP contribution in [0.3, 0.4) is 0 Å². The maximum absolute atomic E-state index is 5.28. The first-order valence-electron chi connectivity index (χ1n) is 7.98. The van der Waals surface area contributed by atoms with Crippen LogP contribution in [-0.4, -0.2) is 29.2 Å². The van der Waals surface area contributed by atoms with Crippen LogP contribution >= 0.6 is 0 Å². The fraction of sp³-hybridized carbons (Fsp3) is 0.238. The Labute approximate surface area is 150 Å². The molecule has 3 rings (SSSR count). The van der Waals surface area contributed by atoms with Crippen LogP contribution in [0.2, 0.25) is 0 Å². The van der Waals surface area contributed by atoms with Crippen molar-refractivity contribution in [2.75, 3.05) is 14.2 Å². The van der Waals surface area contributed by atoms with Gasteiger partial charge in [0, 0.05) is 0 Å². The van der Waals surface area contributed by atoms with Crippen molar-refractivity contribution in [3.05, 3.63) is 70.8 Å². The van der Waals surface area contributed by atoms with Gasteiger partial charge >= 0.3 is 150 Å². The minimum absolute atomic E-state index is 0.301. The molecule has 0 aromatic heterocycles.